The molecule has 0 aliphatic carbocycles. The first kappa shape index (κ1) is 19.9. The summed E-state index contributed by atoms with van der Waals surface area (Å²) >= 11 is 0. The Labute approximate surface area is 145 Å². The van der Waals surface area contributed by atoms with Crippen LogP contribution < -0.4 is 16.4 Å². The molecule has 1 aromatic rings. The smallest absolute Gasteiger partial charge is 0.333 e. The molecule has 0 saturated heterocycles. The number of rotatable bonds is 9. The summed E-state index contributed by atoms with van der Waals surface area (Å²) in [5, 5.41) is 0. The number of hydrogen-bond acceptors (Lipinski definition) is 10. The predicted octanol–water partition coefficient (Wildman–Crippen LogP) is 0.0810. The molecular formula is C15H22N6O4. The summed E-state index contributed by atoms with van der Waals surface area (Å²) in [6, 6.07) is 0. The highest BCUT2D eigenvalue weighted by Gasteiger charge is 2.14. The molecule has 0 fully saturated rings. The Kier molecular flexibility index (Phi) is 7.32. The quantitative estimate of drug-likeness (QED) is 0.463. The van der Waals surface area contributed by atoms with Gasteiger partial charge in [0, 0.05) is 11.1 Å². The van der Waals surface area contributed by atoms with E-state index >= 15 is 0 Å². The summed E-state index contributed by atoms with van der Waals surface area (Å²) in [6.45, 7) is 10.6. The van der Waals surface area contributed by atoms with Gasteiger partial charge in [-0.2, -0.15) is 15.0 Å². The van der Waals surface area contributed by atoms with E-state index in [1.165, 1.54) is 0 Å². The van der Waals surface area contributed by atoms with Gasteiger partial charge in [0.1, 0.15) is 13.2 Å². The van der Waals surface area contributed by atoms with Gasteiger partial charge in [-0.25, -0.2) is 9.59 Å². The Hall–Kier alpha value is -3.17. The average molecular weight is 350 g/mol. The Bertz CT molecular complexity index is 624. The van der Waals surface area contributed by atoms with E-state index in [9.17, 15) is 9.59 Å². The third-order valence-corrected chi connectivity index (χ3v) is 2.83. The van der Waals surface area contributed by atoms with Crippen LogP contribution in [0.2, 0.25) is 0 Å². The van der Waals surface area contributed by atoms with Gasteiger partial charge in [-0.15, -0.1) is 0 Å². The number of nitrogen functional groups attached to an aromatic ring is 2. The second kappa shape index (κ2) is 9.21. The van der Waals surface area contributed by atoms with Crippen molar-refractivity contribution in [2.45, 2.75) is 13.8 Å². The number of aromatic nitrogens is 3. The molecule has 0 atom stereocenters. The Morgan fingerprint density at radius 2 is 1.32 bits per heavy atom. The number of carbonyl (C=O) groups is 2. The van der Waals surface area contributed by atoms with Gasteiger partial charge in [0.15, 0.2) is 0 Å². The Morgan fingerprint density at radius 3 is 1.68 bits per heavy atom. The van der Waals surface area contributed by atoms with Gasteiger partial charge in [0.2, 0.25) is 17.8 Å². The lowest BCUT2D eigenvalue weighted by Gasteiger charge is -2.22. The molecule has 0 amide bonds. The minimum atomic E-state index is -0.511. The van der Waals surface area contributed by atoms with Crippen molar-refractivity contribution in [3.63, 3.8) is 0 Å². The zero-order chi connectivity index (χ0) is 19.0. The molecule has 0 aliphatic rings. The molecule has 0 radical (unpaired) electrons. The zero-order valence-corrected chi connectivity index (χ0v) is 14.3. The highest BCUT2D eigenvalue weighted by molar-refractivity contribution is 5.87. The van der Waals surface area contributed by atoms with Crippen LogP contribution in [0.15, 0.2) is 24.3 Å². The highest BCUT2D eigenvalue weighted by Crippen LogP contribution is 2.10. The fourth-order valence-corrected chi connectivity index (χ4v) is 1.59. The molecule has 0 bridgehead atoms. The minimum Gasteiger partial charge on any atom is -0.460 e. The largest absolute Gasteiger partial charge is 0.460 e. The van der Waals surface area contributed by atoms with Crippen LogP contribution in [0.3, 0.4) is 0 Å². The summed E-state index contributed by atoms with van der Waals surface area (Å²) in [5.74, 6) is -0.940. The Morgan fingerprint density at radius 1 is 0.920 bits per heavy atom. The SMILES string of the molecule is C=C(C)C(=O)OCCN(CCOC(=O)C(=C)C)c1nc(N)nc(N)n1. The standard InChI is InChI=1S/C15H22N6O4/c1-9(2)11(22)24-7-5-21(6-8-25-12(23)10(3)4)15-19-13(16)18-14(17)20-15/h1,3,5-8H2,2,4H3,(H4,16,17,18,19,20). The first-order chi connectivity index (χ1) is 11.7. The monoisotopic (exact) mass is 350 g/mol. The van der Waals surface area contributed by atoms with E-state index in [1.807, 2.05) is 0 Å². The summed E-state index contributed by atoms with van der Waals surface area (Å²) in [6.07, 6.45) is 0. The van der Waals surface area contributed by atoms with Crippen LogP contribution in [0.25, 0.3) is 0 Å². The molecule has 0 saturated carbocycles. The van der Waals surface area contributed by atoms with Crippen LogP contribution >= 0.6 is 0 Å². The molecular weight excluding hydrogens is 328 g/mol. The minimum absolute atomic E-state index is 0.0472. The van der Waals surface area contributed by atoms with E-state index in [1.54, 1.807) is 18.7 Å². The maximum Gasteiger partial charge on any atom is 0.333 e. The molecule has 10 heteroatoms. The molecule has 0 aliphatic heterocycles. The maximum absolute atomic E-state index is 11.4. The topological polar surface area (TPSA) is 147 Å². The first-order valence-electron chi connectivity index (χ1n) is 7.38. The molecule has 0 unspecified atom stereocenters. The lowest BCUT2D eigenvalue weighted by Crippen LogP contribution is -2.34. The molecule has 4 N–H and O–H groups in total. The van der Waals surface area contributed by atoms with Crippen LogP contribution in [-0.2, 0) is 19.1 Å². The van der Waals surface area contributed by atoms with Crippen molar-refractivity contribution in [2.24, 2.45) is 0 Å². The summed E-state index contributed by atoms with van der Waals surface area (Å²) in [7, 11) is 0. The molecule has 25 heavy (non-hydrogen) atoms. The summed E-state index contributed by atoms with van der Waals surface area (Å²) < 4.78 is 10.1. The van der Waals surface area contributed by atoms with Crippen LogP contribution in [0.5, 0.6) is 0 Å². The van der Waals surface area contributed by atoms with Gasteiger partial charge in [-0.3, -0.25) is 0 Å². The van der Waals surface area contributed by atoms with Crippen molar-refractivity contribution in [1.29, 1.82) is 0 Å². The number of ether oxygens (including phenoxy) is 2. The summed E-state index contributed by atoms with van der Waals surface area (Å²) in [5.41, 5.74) is 11.7. The van der Waals surface area contributed by atoms with Crippen molar-refractivity contribution >= 4 is 29.8 Å². The molecule has 136 valence electrons. The molecule has 1 rings (SSSR count). The molecule has 10 nitrogen and oxygen atoms in total. The van der Waals surface area contributed by atoms with Crippen LogP contribution in [0.4, 0.5) is 17.8 Å². The predicted molar refractivity (Wildman–Crippen MR) is 92.4 cm³/mol. The fraction of sp³-hybridized carbons (Fsp3) is 0.400. The average Bonchev–Trinajstić information content (AvgIpc) is 2.51. The summed E-state index contributed by atoms with van der Waals surface area (Å²) in [4.78, 5) is 36.2. The second-order valence-corrected chi connectivity index (χ2v) is 5.17. The number of nitrogens with zero attached hydrogens (tertiary/aromatic N) is 4. The number of nitrogens with two attached hydrogens (primary N) is 2. The van der Waals surface area contributed by atoms with Crippen LogP contribution in [0, 0.1) is 0 Å². The molecule has 1 aromatic heterocycles. The number of anilines is 3. The fourth-order valence-electron chi connectivity index (χ4n) is 1.59. The third-order valence-electron chi connectivity index (χ3n) is 2.83. The van der Waals surface area contributed by atoms with E-state index in [0.29, 0.717) is 0 Å². The van der Waals surface area contributed by atoms with E-state index in [4.69, 9.17) is 20.9 Å². The molecule has 0 aromatic carbocycles. The van der Waals surface area contributed by atoms with E-state index in [0.717, 1.165) is 0 Å². The lowest BCUT2D eigenvalue weighted by atomic mass is 10.4. The van der Waals surface area contributed by atoms with E-state index in [-0.39, 0.29) is 55.3 Å². The third kappa shape index (κ3) is 6.85. The van der Waals surface area contributed by atoms with E-state index < -0.39 is 11.9 Å². The molecule has 1 heterocycles. The van der Waals surface area contributed by atoms with Gasteiger partial charge in [-0.05, 0) is 13.8 Å². The van der Waals surface area contributed by atoms with E-state index in [2.05, 4.69) is 28.1 Å². The van der Waals surface area contributed by atoms with Crippen molar-refractivity contribution in [1.82, 2.24) is 15.0 Å². The van der Waals surface area contributed by atoms with Gasteiger partial charge in [-0.1, -0.05) is 13.2 Å². The highest BCUT2D eigenvalue weighted by atomic mass is 16.5. The van der Waals surface area contributed by atoms with Crippen molar-refractivity contribution < 1.29 is 19.1 Å². The van der Waals surface area contributed by atoms with Crippen LogP contribution in [-0.4, -0.2) is 53.2 Å². The van der Waals surface area contributed by atoms with Gasteiger partial charge < -0.3 is 25.8 Å². The number of hydrogen-bond donors (Lipinski definition) is 2. The Balaban J connectivity index is 2.75. The normalized spacial score (nSPS) is 10.0. The van der Waals surface area contributed by atoms with Gasteiger partial charge in [0.25, 0.3) is 0 Å². The van der Waals surface area contributed by atoms with Gasteiger partial charge >= 0.3 is 11.9 Å². The first-order valence-corrected chi connectivity index (χ1v) is 7.38. The second-order valence-electron chi connectivity index (χ2n) is 5.17. The zero-order valence-electron chi connectivity index (χ0n) is 14.3. The number of esters is 2. The molecule has 0 spiro atoms. The van der Waals surface area contributed by atoms with Crippen LogP contribution in [0.1, 0.15) is 13.8 Å². The van der Waals surface area contributed by atoms with Crippen molar-refractivity contribution in [2.75, 3.05) is 42.7 Å². The van der Waals surface area contributed by atoms with Crippen molar-refractivity contribution in [3.05, 3.63) is 24.3 Å². The lowest BCUT2D eigenvalue weighted by molar-refractivity contribution is -0.139. The van der Waals surface area contributed by atoms with Gasteiger partial charge in [0.05, 0.1) is 13.1 Å². The maximum atomic E-state index is 11.4. The number of carbonyl (C=O) groups excluding carboxylic acids is 2. The van der Waals surface area contributed by atoms with Crippen molar-refractivity contribution in [3.8, 4) is 0 Å².